The van der Waals surface area contributed by atoms with Crippen LogP contribution >= 0.6 is 0 Å². The van der Waals surface area contributed by atoms with Gasteiger partial charge in [-0.1, -0.05) is 0 Å². The number of carbonyl (C=O) groups is 2. The predicted octanol–water partition coefficient (Wildman–Crippen LogP) is 1.51. The van der Waals surface area contributed by atoms with Crippen LogP contribution in [0.15, 0.2) is 0 Å². The average Bonchev–Trinajstić information content (AvgIpc) is 2.45. The zero-order valence-electron chi connectivity index (χ0n) is 14.0. The molecule has 132 valence electrons. The molecule has 0 spiro atoms. The van der Waals surface area contributed by atoms with Crippen molar-refractivity contribution in [2.45, 2.75) is 26.4 Å². The van der Waals surface area contributed by atoms with Gasteiger partial charge in [-0.25, -0.2) is 9.59 Å². The van der Waals surface area contributed by atoms with Crippen molar-refractivity contribution in [3.05, 3.63) is 21.2 Å². The molecule has 1 aromatic rings. The topological polar surface area (TPSA) is 157 Å². The summed E-state index contributed by atoms with van der Waals surface area (Å²) in [7, 11) is 2.21. The zero-order valence-corrected chi connectivity index (χ0v) is 14.0. The third kappa shape index (κ3) is 3.47. The van der Waals surface area contributed by atoms with Gasteiger partial charge in [0.2, 0.25) is 0 Å². The van der Waals surface area contributed by atoms with Gasteiger partial charge < -0.3 is 25.7 Å². The van der Waals surface area contributed by atoms with E-state index in [1.54, 1.807) is 20.8 Å². The van der Waals surface area contributed by atoms with Crippen molar-refractivity contribution in [2.75, 3.05) is 25.7 Å². The molecule has 0 aromatic heterocycles. The molecule has 10 nitrogen and oxygen atoms in total. The van der Waals surface area contributed by atoms with Crippen molar-refractivity contribution in [3.63, 3.8) is 0 Å². The second-order valence-corrected chi connectivity index (χ2v) is 5.71. The van der Waals surface area contributed by atoms with Crippen molar-refractivity contribution in [2.24, 2.45) is 0 Å². The van der Waals surface area contributed by atoms with Crippen molar-refractivity contribution in [1.29, 1.82) is 0 Å². The first-order valence-corrected chi connectivity index (χ1v) is 6.71. The standard InChI is InChI=1S/C14H19N3O7/c1-14(2,3)24-13(19)6-7(12(18)23-5)11(22-4)9(16)8(15)10(6)17(20)21/h15-16H2,1-5H3. The number of carbonyl (C=O) groups excluding carboxylic acids is 2. The highest BCUT2D eigenvalue weighted by molar-refractivity contribution is 6.12. The lowest BCUT2D eigenvalue weighted by atomic mass is 10.00. The molecule has 0 saturated carbocycles. The number of ether oxygens (including phenoxy) is 3. The van der Waals surface area contributed by atoms with Crippen LogP contribution < -0.4 is 16.2 Å². The smallest absolute Gasteiger partial charge is 0.346 e. The number of nitrogen functional groups attached to an aromatic ring is 2. The highest BCUT2D eigenvalue weighted by Crippen LogP contribution is 2.43. The number of nitrogens with zero attached hydrogens (tertiary/aromatic N) is 1. The van der Waals surface area contributed by atoms with Gasteiger partial charge in [0, 0.05) is 0 Å². The molecule has 1 aromatic carbocycles. The van der Waals surface area contributed by atoms with E-state index in [9.17, 15) is 19.7 Å². The van der Waals surface area contributed by atoms with E-state index in [-0.39, 0.29) is 11.4 Å². The number of hydrogen-bond donors (Lipinski definition) is 2. The highest BCUT2D eigenvalue weighted by atomic mass is 16.6. The van der Waals surface area contributed by atoms with Crippen molar-refractivity contribution >= 4 is 29.0 Å². The van der Waals surface area contributed by atoms with Crippen LogP contribution in [0.2, 0.25) is 0 Å². The Labute approximate surface area is 137 Å². The maximum absolute atomic E-state index is 12.5. The summed E-state index contributed by atoms with van der Waals surface area (Å²) in [5, 5.41) is 11.4. The Morgan fingerprint density at radius 3 is 1.96 bits per heavy atom. The Morgan fingerprint density at radius 2 is 1.58 bits per heavy atom. The minimum absolute atomic E-state index is 0.300. The number of methoxy groups -OCH3 is 2. The average molecular weight is 341 g/mol. The molecule has 0 saturated heterocycles. The van der Waals surface area contributed by atoms with Gasteiger partial charge in [-0.05, 0) is 20.8 Å². The molecule has 0 aliphatic rings. The molecule has 0 unspecified atom stereocenters. The summed E-state index contributed by atoms with van der Waals surface area (Å²) in [6.07, 6.45) is 0. The minimum atomic E-state index is -1.13. The molecule has 0 bridgehead atoms. The molecule has 1 rings (SSSR count). The fraction of sp³-hybridized carbons (Fsp3) is 0.429. The Kier molecular flexibility index (Phi) is 5.23. The van der Waals surface area contributed by atoms with Gasteiger partial charge >= 0.3 is 17.6 Å². The first-order chi connectivity index (χ1) is 11.0. The molecular formula is C14H19N3O7. The SMILES string of the molecule is COC(=O)c1c(OC)c(N)c(N)c([N+](=O)[O-])c1C(=O)OC(C)(C)C. The second kappa shape index (κ2) is 6.60. The van der Waals surface area contributed by atoms with Crippen LogP contribution in [0.3, 0.4) is 0 Å². The molecule has 4 N–H and O–H groups in total. The Bertz CT molecular complexity index is 708. The van der Waals surface area contributed by atoms with Crippen LogP contribution in [-0.2, 0) is 9.47 Å². The van der Waals surface area contributed by atoms with E-state index in [1.165, 1.54) is 7.11 Å². The van der Waals surface area contributed by atoms with E-state index < -0.39 is 45.0 Å². The summed E-state index contributed by atoms with van der Waals surface area (Å²) < 4.78 is 14.7. The Balaban J connectivity index is 3.92. The number of nitro groups is 1. The molecule has 0 aliphatic carbocycles. The lowest BCUT2D eigenvalue weighted by molar-refractivity contribution is -0.384. The fourth-order valence-electron chi connectivity index (χ4n) is 1.98. The first kappa shape index (κ1) is 19.0. The number of anilines is 2. The largest absolute Gasteiger partial charge is 0.494 e. The van der Waals surface area contributed by atoms with E-state index in [0.29, 0.717) is 0 Å². The van der Waals surface area contributed by atoms with Crippen molar-refractivity contribution in [3.8, 4) is 5.75 Å². The van der Waals surface area contributed by atoms with Gasteiger partial charge in [0.25, 0.3) is 0 Å². The number of benzene rings is 1. The van der Waals surface area contributed by atoms with Gasteiger partial charge in [-0.3, -0.25) is 10.1 Å². The van der Waals surface area contributed by atoms with E-state index in [0.717, 1.165) is 7.11 Å². The summed E-state index contributed by atoms with van der Waals surface area (Å²) in [5.41, 5.74) is 7.50. The molecule has 0 amide bonds. The summed E-state index contributed by atoms with van der Waals surface area (Å²) in [6.45, 7) is 4.69. The van der Waals surface area contributed by atoms with Gasteiger partial charge in [0.05, 0.1) is 19.1 Å². The lowest BCUT2D eigenvalue weighted by Crippen LogP contribution is -2.27. The van der Waals surface area contributed by atoms with Crippen LogP contribution in [0.4, 0.5) is 17.1 Å². The molecule has 0 atom stereocenters. The number of rotatable bonds is 4. The van der Waals surface area contributed by atoms with Gasteiger partial charge in [-0.15, -0.1) is 0 Å². The lowest BCUT2D eigenvalue weighted by Gasteiger charge is -2.21. The van der Waals surface area contributed by atoms with Crippen molar-refractivity contribution < 1.29 is 28.7 Å². The zero-order chi connectivity index (χ0) is 18.8. The highest BCUT2D eigenvalue weighted by Gasteiger charge is 2.38. The number of esters is 2. The molecule has 24 heavy (non-hydrogen) atoms. The molecule has 0 heterocycles. The molecule has 0 fully saturated rings. The maximum Gasteiger partial charge on any atom is 0.346 e. The quantitative estimate of drug-likeness (QED) is 0.358. The fourth-order valence-corrected chi connectivity index (χ4v) is 1.98. The third-order valence-electron chi connectivity index (χ3n) is 2.88. The van der Waals surface area contributed by atoms with Crippen LogP contribution in [-0.4, -0.2) is 36.7 Å². The minimum Gasteiger partial charge on any atom is -0.494 e. The number of nitro benzene ring substituents is 1. The van der Waals surface area contributed by atoms with Crippen LogP contribution in [0.1, 0.15) is 41.5 Å². The van der Waals surface area contributed by atoms with E-state index in [1.807, 2.05) is 0 Å². The van der Waals surface area contributed by atoms with Crippen LogP contribution in [0.25, 0.3) is 0 Å². The second-order valence-electron chi connectivity index (χ2n) is 5.71. The predicted molar refractivity (Wildman–Crippen MR) is 85.0 cm³/mol. The van der Waals surface area contributed by atoms with E-state index in [4.69, 9.17) is 20.9 Å². The Hall–Kier alpha value is -3.04. The summed E-state index contributed by atoms with van der Waals surface area (Å²) in [6, 6.07) is 0. The van der Waals surface area contributed by atoms with Gasteiger partial charge in [-0.2, -0.15) is 0 Å². The first-order valence-electron chi connectivity index (χ1n) is 6.71. The van der Waals surface area contributed by atoms with E-state index >= 15 is 0 Å². The van der Waals surface area contributed by atoms with Crippen LogP contribution in [0, 0.1) is 10.1 Å². The molecule has 0 radical (unpaired) electrons. The third-order valence-corrected chi connectivity index (χ3v) is 2.88. The van der Waals surface area contributed by atoms with Crippen molar-refractivity contribution in [1.82, 2.24) is 0 Å². The van der Waals surface area contributed by atoms with Crippen LogP contribution in [0.5, 0.6) is 5.75 Å². The normalized spacial score (nSPS) is 10.9. The number of hydrogen-bond acceptors (Lipinski definition) is 9. The number of nitrogens with two attached hydrogens (primary N) is 2. The van der Waals surface area contributed by atoms with E-state index in [2.05, 4.69) is 4.74 Å². The monoisotopic (exact) mass is 341 g/mol. The van der Waals surface area contributed by atoms with Gasteiger partial charge in [0.15, 0.2) is 11.3 Å². The summed E-state index contributed by atoms with van der Waals surface area (Å²) in [4.78, 5) is 35.0. The van der Waals surface area contributed by atoms with Gasteiger partial charge in [0.1, 0.15) is 22.5 Å². The molecule has 10 heteroatoms. The molecule has 0 aliphatic heterocycles. The summed E-state index contributed by atoms with van der Waals surface area (Å²) >= 11 is 0. The maximum atomic E-state index is 12.5. The summed E-state index contributed by atoms with van der Waals surface area (Å²) in [5.74, 6) is -2.48. The molecular weight excluding hydrogens is 322 g/mol. The Morgan fingerprint density at radius 1 is 1.04 bits per heavy atom.